The quantitative estimate of drug-likeness (QED) is 0.728. The molecule has 0 radical (unpaired) electrons. The predicted octanol–water partition coefficient (Wildman–Crippen LogP) is 3.89. The first-order valence-corrected chi connectivity index (χ1v) is 11.3. The van der Waals surface area contributed by atoms with E-state index in [1.165, 1.54) is 29.7 Å². The van der Waals surface area contributed by atoms with Crippen molar-refractivity contribution < 1.29 is 9.53 Å². The van der Waals surface area contributed by atoms with Crippen LogP contribution in [0, 0.1) is 0 Å². The Balaban J connectivity index is 1.17. The van der Waals surface area contributed by atoms with E-state index in [0.717, 1.165) is 45.6 Å². The smallest absolute Gasteiger partial charge is 0.410 e. The fourth-order valence-corrected chi connectivity index (χ4v) is 5.17. The minimum absolute atomic E-state index is 0.144. The highest BCUT2D eigenvalue weighted by atomic mass is 16.6. The first-order chi connectivity index (χ1) is 14.5. The van der Waals surface area contributed by atoms with Gasteiger partial charge in [0.2, 0.25) is 0 Å². The number of amides is 1. The van der Waals surface area contributed by atoms with Gasteiger partial charge < -0.3 is 9.64 Å². The van der Waals surface area contributed by atoms with E-state index in [2.05, 4.69) is 52.9 Å². The molecule has 30 heavy (non-hydrogen) atoms. The van der Waals surface area contributed by atoms with Crippen LogP contribution < -0.4 is 0 Å². The van der Waals surface area contributed by atoms with Gasteiger partial charge in [-0.3, -0.25) is 9.58 Å². The fourth-order valence-electron chi connectivity index (χ4n) is 5.17. The highest BCUT2D eigenvalue weighted by molar-refractivity contribution is 5.71. The summed E-state index contributed by atoms with van der Waals surface area (Å²) in [6.07, 6.45) is 6.31. The third kappa shape index (κ3) is 3.85. The van der Waals surface area contributed by atoms with Gasteiger partial charge in [-0.05, 0) is 24.3 Å². The minimum atomic E-state index is -0.307. The number of hydrogen-bond donors (Lipinski definition) is 0. The molecule has 1 aromatic heterocycles. The number of hydrogen-bond acceptors (Lipinski definition) is 4. The summed E-state index contributed by atoms with van der Waals surface area (Å²) in [5.41, 5.74) is 3.75. The molecule has 0 N–H and O–H groups in total. The van der Waals surface area contributed by atoms with Crippen LogP contribution in [0.25, 0.3) is 0 Å². The number of ether oxygens (including phenoxy) is 1. The Morgan fingerprint density at radius 3 is 2.63 bits per heavy atom. The highest BCUT2D eigenvalue weighted by Gasteiger charge is 2.47. The molecular formula is C24H32N4O2. The Hall–Kier alpha value is -2.34. The van der Waals surface area contributed by atoms with Gasteiger partial charge in [-0.15, -0.1) is 0 Å². The van der Waals surface area contributed by atoms with Gasteiger partial charge in [0.05, 0.1) is 12.7 Å². The van der Waals surface area contributed by atoms with Gasteiger partial charge in [0.1, 0.15) is 5.60 Å². The SMILES string of the molecule is C[C@H](CN1CC2(CCN(Cc3cnn(C)c3C3CC3)CC2)OC1=O)c1ccccc1. The normalized spacial score (nSPS) is 22.5. The maximum atomic E-state index is 12.6. The number of carbonyl (C=O) groups excluding carboxylic acids is 1. The summed E-state index contributed by atoms with van der Waals surface area (Å²) in [6.45, 7) is 6.51. The van der Waals surface area contributed by atoms with E-state index >= 15 is 0 Å². The molecule has 3 heterocycles. The molecule has 3 aliphatic rings. The second kappa shape index (κ2) is 7.73. The first kappa shape index (κ1) is 19.6. The van der Waals surface area contributed by atoms with Crippen molar-refractivity contribution >= 4 is 6.09 Å². The van der Waals surface area contributed by atoms with Crippen LogP contribution >= 0.6 is 0 Å². The number of nitrogens with zero attached hydrogens (tertiary/aromatic N) is 4. The van der Waals surface area contributed by atoms with Crippen LogP contribution in [0.4, 0.5) is 4.79 Å². The average Bonchev–Trinajstić information content (AvgIpc) is 3.45. The molecule has 1 saturated carbocycles. The molecule has 1 amide bonds. The van der Waals surface area contributed by atoms with Crippen molar-refractivity contribution in [1.29, 1.82) is 0 Å². The highest BCUT2D eigenvalue weighted by Crippen LogP contribution is 2.42. The summed E-state index contributed by atoms with van der Waals surface area (Å²) >= 11 is 0. The van der Waals surface area contributed by atoms with Gasteiger partial charge in [-0.25, -0.2) is 4.79 Å². The Morgan fingerprint density at radius 2 is 1.93 bits per heavy atom. The van der Waals surface area contributed by atoms with Crippen molar-refractivity contribution in [1.82, 2.24) is 19.6 Å². The van der Waals surface area contributed by atoms with Crippen molar-refractivity contribution in [3.63, 3.8) is 0 Å². The van der Waals surface area contributed by atoms with Crippen LogP contribution in [0.1, 0.15) is 61.3 Å². The van der Waals surface area contributed by atoms with E-state index in [-0.39, 0.29) is 11.7 Å². The molecule has 1 aromatic carbocycles. The number of aromatic nitrogens is 2. The molecule has 6 heteroatoms. The summed E-state index contributed by atoms with van der Waals surface area (Å²) < 4.78 is 8.02. The van der Waals surface area contributed by atoms with Gasteiger partial charge >= 0.3 is 6.09 Å². The first-order valence-electron chi connectivity index (χ1n) is 11.3. The van der Waals surface area contributed by atoms with E-state index in [0.29, 0.717) is 11.8 Å². The zero-order valence-electron chi connectivity index (χ0n) is 18.1. The molecule has 3 fully saturated rings. The summed E-state index contributed by atoms with van der Waals surface area (Å²) in [7, 11) is 2.06. The number of aryl methyl sites for hydroxylation is 1. The fraction of sp³-hybridized carbons (Fsp3) is 0.583. The molecule has 0 unspecified atom stereocenters. The molecule has 2 aromatic rings. The van der Waals surface area contributed by atoms with Crippen molar-refractivity contribution in [3.05, 3.63) is 53.3 Å². The van der Waals surface area contributed by atoms with E-state index in [4.69, 9.17) is 4.74 Å². The topological polar surface area (TPSA) is 50.6 Å². The van der Waals surface area contributed by atoms with Gasteiger partial charge in [0, 0.05) is 63.2 Å². The number of carbonyl (C=O) groups is 1. The van der Waals surface area contributed by atoms with Gasteiger partial charge in [0.25, 0.3) is 0 Å². The number of rotatable bonds is 6. The van der Waals surface area contributed by atoms with Crippen LogP contribution in [-0.2, 0) is 18.3 Å². The predicted molar refractivity (Wildman–Crippen MR) is 115 cm³/mol. The Bertz CT molecular complexity index is 897. The van der Waals surface area contributed by atoms with Crippen molar-refractivity contribution in [2.24, 2.45) is 7.05 Å². The molecule has 0 bridgehead atoms. The van der Waals surface area contributed by atoms with Crippen LogP contribution in [0.15, 0.2) is 36.5 Å². The molecule has 6 nitrogen and oxygen atoms in total. The lowest BCUT2D eigenvalue weighted by Gasteiger charge is -2.37. The Kier molecular flexibility index (Phi) is 5.05. The lowest BCUT2D eigenvalue weighted by Crippen LogP contribution is -2.46. The summed E-state index contributed by atoms with van der Waals surface area (Å²) in [6, 6.07) is 10.4. The minimum Gasteiger partial charge on any atom is -0.441 e. The molecule has 160 valence electrons. The third-order valence-corrected chi connectivity index (χ3v) is 7.09. The summed E-state index contributed by atoms with van der Waals surface area (Å²) in [5, 5.41) is 4.50. The van der Waals surface area contributed by atoms with Crippen molar-refractivity contribution in [2.45, 2.75) is 56.6 Å². The second-order valence-corrected chi connectivity index (χ2v) is 9.47. The number of likely N-dealkylation sites (tertiary alicyclic amines) is 1. The van der Waals surface area contributed by atoms with Crippen LogP contribution in [0.2, 0.25) is 0 Å². The van der Waals surface area contributed by atoms with Crippen molar-refractivity contribution in [3.8, 4) is 0 Å². The maximum Gasteiger partial charge on any atom is 0.410 e. The van der Waals surface area contributed by atoms with E-state index in [1.807, 2.05) is 17.2 Å². The average molecular weight is 409 g/mol. The van der Waals surface area contributed by atoms with Crippen LogP contribution in [0.3, 0.4) is 0 Å². The molecule has 1 atom stereocenters. The summed E-state index contributed by atoms with van der Waals surface area (Å²) in [5.74, 6) is 1.01. The van der Waals surface area contributed by atoms with Gasteiger partial charge in [0.15, 0.2) is 0 Å². The van der Waals surface area contributed by atoms with Crippen molar-refractivity contribution in [2.75, 3.05) is 26.2 Å². The molecule has 2 aliphatic heterocycles. The maximum absolute atomic E-state index is 12.6. The second-order valence-electron chi connectivity index (χ2n) is 9.47. The molecular weight excluding hydrogens is 376 g/mol. The van der Waals surface area contributed by atoms with E-state index < -0.39 is 0 Å². The monoisotopic (exact) mass is 408 g/mol. The lowest BCUT2D eigenvalue weighted by atomic mass is 9.90. The summed E-state index contributed by atoms with van der Waals surface area (Å²) in [4.78, 5) is 17.0. The van der Waals surface area contributed by atoms with Gasteiger partial charge in [-0.1, -0.05) is 37.3 Å². The van der Waals surface area contributed by atoms with E-state index in [9.17, 15) is 4.79 Å². The molecule has 1 spiro atoms. The zero-order chi connectivity index (χ0) is 20.7. The Labute approximate surface area is 178 Å². The number of benzene rings is 1. The largest absolute Gasteiger partial charge is 0.441 e. The molecule has 1 aliphatic carbocycles. The van der Waals surface area contributed by atoms with Crippen LogP contribution in [-0.4, -0.2) is 57.5 Å². The molecule has 5 rings (SSSR count). The zero-order valence-corrected chi connectivity index (χ0v) is 18.1. The van der Waals surface area contributed by atoms with Gasteiger partial charge in [-0.2, -0.15) is 5.10 Å². The number of piperidine rings is 1. The molecule has 2 saturated heterocycles. The third-order valence-electron chi connectivity index (χ3n) is 7.09. The van der Waals surface area contributed by atoms with E-state index in [1.54, 1.807) is 0 Å². The van der Waals surface area contributed by atoms with Crippen LogP contribution in [0.5, 0.6) is 0 Å². The standard InChI is InChI=1S/C24H32N4O2/c1-18(19-6-4-3-5-7-19)15-28-17-24(30-23(28)29)10-12-27(13-11-24)16-21-14-25-26(2)22(21)20-8-9-20/h3-7,14,18,20H,8-13,15-17H2,1-2H3/t18-/m1/s1. The Morgan fingerprint density at radius 1 is 1.20 bits per heavy atom. The lowest BCUT2D eigenvalue weighted by molar-refractivity contribution is -0.00130.